The van der Waals surface area contributed by atoms with E-state index in [1.807, 2.05) is 0 Å². The summed E-state index contributed by atoms with van der Waals surface area (Å²) in [5, 5.41) is 18.5. The highest BCUT2D eigenvalue weighted by Gasteiger charge is 2.13. The largest absolute Gasteiger partial charge is 0.288 e. The summed E-state index contributed by atoms with van der Waals surface area (Å²) in [6, 6.07) is 4.36. The molecule has 1 aromatic carbocycles. The van der Waals surface area contributed by atoms with Crippen molar-refractivity contribution in [1.29, 1.82) is 0 Å². The Morgan fingerprint density at radius 2 is 2.22 bits per heavy atom. The molecule has 0 fully saturated rings. The Labute approximate surface area is 112 Å². The van der Waals surface area contributed by atoms with Crippen LogP contribution in [0.3, 0.4) is 0 Å². The lowest BCUT2D eigenvalue weighted by atomic mass is 10.3. The molecule has 0 saturated carbocycles. The molecular formula is C10H8Cl2N4O2. The summed E-state index contributed by atoms with van der Waals surface area (Å²) in [4.78, 5) is 10.1. The van der Waals surface area contributed by atoms with Gasteiger partial charge in [-0.3, -0.25) is 10.1 Å². The second-order valence-electron chi connectivity index (χ2n) is 3.49. The summed E-state index contributed by atoms with van der Waals surface area (Å²) in [6.07, 6.45) is 2.32. The Bertz CT molecular complexity index is 585. The van der Waals surface area contributed by atoms with Gasteiger partial charge in [-0.25, -0.2) is 4.68 Å². The summed E-state index contributed by atoms with van der Waals surface area (Å²) in [6.45, 7) is 0. The molecular weight excluding hydrogens is 279 g/mol. The second-order valence-corrected chi connectivity index (χ2v) is 4.27. The highest BCUT2D eigenvalue weighted by atomic mass is 35.5. The van der Waals surface area contributed by atoms with Gasteiger partial charge in [0.05, 0.1) is 22.5 Å². The molecule has 0 aliphatic heterocycles. The number of nitrogens with zero attached hydrogens (tertiary/aromatic N) is 4. The number of aryl methyl sites for hydroxylation is 1. The van der Waals surface area contributed by atoms with Crippen molar-refractivity contribution in [3.05, 3.63) is 45.2 Å². The minimum absolute atomic E-state index is 0.0619. The fourth-order valence-electron chi connectivity index (χ4n) is 1.42. The molecule has 1 aromatic heterocycles. The van der Waals surface area contributed by atoms with Gasteiger partial charge in [-0.2, -0.15) is 0 Å². The van der Waals surface area contributed by atoms with Gasteiger partial charge in [-0.1, -0.05) is 16.8 Å². The third kappa shape index (κ3) is 2.60. The number of halogens is 2. The van der Waals surface area contributed by atoms with Crippen LogP contribution in [0.5, 0.6) is 0 Å². The highest BCUT2D eigenvalue weighted by molar-refractivity contribution is 6.32. The van der Waals surface area contributed by atoms with Crippen molar-refractivity contribution in [2.45, 2.75) is 6.42 Å². The van der Waals surface area contributed by atoms with Gasteiger partial charge >= 0.3 is 0 Å². The minimum atomic E-state index is -0.535. The Morgan fingerprint density at radius 1 is 1.44 bits per heavy atom. The lowest BCUT2D eigenvalue weighted by Crippen LogP contribution is -1.96. The number of benzene rings is 1. The summed E-state index contributed by atoms with van der Waals surface area (Å²) in [5.41, 5.74) is 1.22. The Kier molecular flexibility index (Phi) is 3.78. The molecule has 0 saturated heterocycles. The van der Waals surface area contributed by atoms with E-state index in [1.165, 1.54) is 16.8 Å². The van der Waals surface area contributed by atoms with Crippen LogP contribution in [0.15, 0.2) is 24.4 Å². The zero-order chi connectivity index (χ0) is 13.1. The molecule has 94 valence electrons. The number of hydrogen-bond acceptors (Lipinski definition) is 4. The van der Waals surface area contributed by atoms with E-state index in [2.05, 4.69) is 10.3 Å². The monoisotopic (exact) mass is 286 g/mol. The van der Waals surface area contributed by atoms with Crippen LogP contribution in [-0.4, -0.2) is 25.8 Å². The molecule has 6 nitrogen and oxygen atoms in total. The third-order valence-electron chi connectivity index (χ3n) is 2.28. The van der Waals surface area contributed by atoms with E-state index < -0.39 is 4.92 Å². The zero-order valence-electron chi connectivity index (χ0n) is 9.08. The maximum atomic E-state index is 10.6. The van der Waals surface area contributed by atoms with Crippen LogP contribution in [0.4, 0.5) is 5.69 Å². The van der Waals surface area contributed by atoms with Gasteiger partial charge in [0.2, 0.25) is 0 Å². The van der Waals surface area contributed by atoms with E-state index in [0.717, 1.165) is 5.69 Å². The Hall–Kier alpha value is -1.66. The molecule has 8 heteroatoms. The lowest BCUT2D eigenvalue weighted by Gasteiger charge is -2.01. The van der Waals surface area contributed by atoms with Gasteiger partial charge in [-0.05, 0) is 12.1 Å². The van der Waals surface area contributed by atoms with Crippen LogP contribution < -0.4 is 0 Å². The van der Waals surface area contributed by atoms with Crippen LogP contribution in [0, 0.1) is 10.1 Å². The number of nitro groups is 1. The van der Waals surface area contributed by atoms with E-state index in [0.29, 0.717) is 18.0 Å². The second kappa shape index (κ2) is 5.32. The lowest BCUT2D eigenvalue weighted by molar-refractivity contribution is -0.384. The molecule has 0 N–H and O–H groups in total. The molecule has 0 unspecified atom stereocenters. The summed E-state index contributed by atoms with van der Waals surface area (Å²) >= 11 is 11.4. The molecule has 0 amide bonds. The first-order valence-corrected chi connectivity index (χ1v) is 5.94. The van der Waals surface area contributed by atoms with Gasteiger partial charge in [0.25, 0.3) is 5.69 Å². The molecule has 0 atom stereocenters. The first kappa shape index (κ1) is 12.8. The molecule has 18 heavy (non-hydrogen) atoms. The van der Waals surface area contributed by atoms with Crippen LogP contribution in [0.1, 0.15) is 5.69 Å². The van der Waals surface area contributed by atoms with E-state index >= 15 is 0 Å². The van der Waals surface area contributed by atoms with Crippen LogP contribution in [-0.2, 0) is 6.42 Å². The van der Waals surface area contributed by atoms with Crippen LogP contribution in [0.25, 0.3) is 5.69 Å². The molecule has 0 bridgehead atoms. The fourth-order valence-corrected chi connectivity index (χ4v) is 1.86. The molecule has 0 aliphatic rings. The van der Waals surface area contributed by atoms with E-state index in [-0.39, 0.29) is 10.7 Å². The van der Waals surface area contributed by atoms with Gasteiger partial charge in [0, 0.05) is 18.4 Å². The van der Waals surface area contributed by atoms with Crippen molar-refractivity contribution < 1.29 is 4.92 Å². The summed E-state index contributed by atoms with van der Waals surface area (Å²) < 4.78 is 1.50. The van der Waals surface area contributed by atoms with Gasteiger partial charge in [0.15, 0.2) is 0 Å². The highest BCUT2D eigenvalue weighted by Crippen LogP contribution is 2.26. The molecule has 1 heterocycles. The Balaban J connectivity index is 2.33. The molecule has 2 rings (SSSR count). The minimum Gasteiger partial charge on any atom is -0.258 e. The maximum Gasteiger partial charge on any atom is 0.288 e. The quantitative estimate of drug-likeness (QED) is 0.492. The molecule has 0 spiro atoms. The third-order valence-corrected chi connectivity index (χ3v) is 2.78. The first-order valence-electron chi connectivity index (χ1n) is 5.03. The maximum absolute atomic E-state index is 10.6. The smallest absolute Gasteiger partial charge is 0.258 e. The summed E-state index contributed by atoms with van der Waals surface area (Å²) in [7, 11) is 0. The standard InChI is InChI=1S/C10H8Cl2N4O2/c11-4-3-7-6-15(14-13-7)8-1-2-10(16(17)18)9(12)5-8/h1-2,5-6H,3-4H2. The van der Waals surface area contributed by atoms with Crippen LogP contribution >= 0.6 is 23.2 Å². The van der Waals surface area contributed by atoms with E-state index in [9.17, 15) is 10.1 Å². The van der Waals surface area contributed by atoms with Crippen molar-refractivity contribution in [2.24, 2.45) is 0 Å². The molecule has 2 aromatic rings. The van der Waals surface area contributed by atoms with Crippen molar-refractivity contribution in [3.63, 3.8) is 0 Å². The van der Waals surface area contributed by atoms with Gasteiger partial charge in [-0.15, -0.1) is 16.7 Å². The zero-order valence-corrected chi connectivity index (χ0v) is 10.6. The van der Waals surface area contributed by atoms with Crippen molar-refractivity contribution in [2.75, 3.05) is 5.88 Å². The van der Waals surface area contributed by atoms with Gasteiger partial charge < -0.3 is 0 Å². The predicted octanol–water partition coefficient (Wildman–Crippen LogP) is 2.61. The summed E-state index contributed by atoms with van der Waals surface area (Å²) in [5.74, 6) is 0.458. The SMILES string of the molecule is O=[N+]([O-])c1ccc(-n2cc(CCCl)nn2)cc1Cl. The van der Waals surface area contributed by atoms with E-state index in [1.54, 1.807) is 12.3 Å². The predicted molar refractivity (Wildman–Crippen MR) is 67.4 cm³/mol. The van der Waals surface area contributed by atoms with Crippen molar-refractivity contribution in [3.8, 4) is 5.69 Å². The topological polar surface area (TPSA) is 73.8 Å². The van der Waals surface area contributed by atoms with Crippen molar-refractivity contribution in [1.82, 2.24) is 15.0 Å². The molecule has 0 radical (unpaired) electrons. The number of aromatic nitrogens is 3. The Morgan fingerprint density at radius 3 is 2.83 bits per heavy atom. The normalized spacial score (nSPS) is 10.6. The van der Waals surface area contributed by atoms with Gasteiger partial charge in [0.1, 0.15) is 5.02 Å². The van der Waals surface area contributed by atoms with Crippen molar-refractivity contribution >= 4 is 28.9 Å². The average Bonchev–Trinajstić information content (AvgIpc) is 2.77. The average molecular weight is 287 g/mol. The van der Waals surface area contributed by atoms with Crippen LogP contribution in [0.2, 0.25) is 5.02 Å². The number of alkyl halides is 1. The first-order chi connectivity index (χ1) is 8.61. The number of nitro benzene ring substituents is 1. The fraction of sp³-hybridized carbons (Fsp3) is 0.200. The molecule has 0 aliphatic carbocycles. The number of rotatable bonds is 4. The number of hydrogen-bond donors (Lipinski definition) is 0. The van der Waals surface area contributed by atoms with E-state index in [4.69, 9.17) is 23.2 Å².